The van der Waals surface area contributed by atoms with Gasteiger partial charge in [0.25, 0.3) is 0 Å². The monoisotopic (exact) mass is 430 g/mol. The van der Waals surface area contributed by atoms with Crippen LogP contribution in [-0.2, 0) is 10.0 Å². The van der Waals surface area contributed by atoms with Gasteiger partial charge in [0.2, 0.25) is 10.0 Å². The third kappa shape index (κ3) is 5.01. The van der Waals surface area contributed by atoms with Crippen LogP contribution in [0.15, 0.2) is 59.6 Å². The molecular weight excluding hydrogens is 404 g/mol. The van der Waals surface area contributed by atoms with Crippen LogP contribution in [0.25, 0.3) is 0 Å². The Bertz CT molecular complexity index is 1010. The fourth-order valence-corrected chi connectivity index (χ4v) is 4.79. The first-order valence-corrected chi connectivity index (χ1v) is 11.2. The summed E-state index contributed by atoms with van der Waals surface area (Å²) in [6, 6.07) is 11.5. The number of sulfonamides is 1. The summed E-state index contributed by atoms with van der Waals surface area (Å²) in [6.45, 7) is 1.15. The first-order valence-electron chi connectivity index (χ1n) is 9.75. The van der Waals surface area contributed by atoms with Gasteiger partial charge in [0.1, 0.15) is 0 Å². The summed E-state index contributed by atoms with van der Waals surface area (Å²) in [5.74, 6) is 0.832. The molecule has 0 unspecified atom stereocenters. The van der Waals surface area contributed by atoms with Crippen LogP contribution in [0.4, 0.5) is 5.69 Å². The number of hydrogen-bond donors (Lipinski definition) is 1. The lowest BCUT2D eigenvalue weighted by molar-refractivity contribution is 0.104. The van der Waals surface area contributed by atoms with Crippen molar-refractivity contribution in [2.24, 2.45) is 0 Å². The number of methoxy groups -OCH3 is 2. The summed E-state index contributed by atoms with van der Waals surface area (Å²) in [5, 5.41) is 2.99. The molecule has 0 saturated carbocycles. The number of carbonyl (C=O) groups excluding carboxylic acids is 1. The molecule has 3 rings (SSSR count). The molecule has 2 aromatic rings. The van der Waals surface area contributed by atoms with Gasteiger partial charge in [0.05, 0.1) is 19.1 Å². The van der Waals surface area contributed by atoms with E-state index in [0.717, 1.165) is 19.3 Å². The second kappa shape index (κ2) is 9.77. The Morgan fingerprint density at radius 1 is 0.967 bits per heavy atom. The molecule has 8 heteroatoms. The Kier molecular flexibility index (Phi) is 7.12. The van der Waals surface area contributed by atoms with Gasteiger partial charge in [0, 0.05) is 36.6 Å². The molecule has 160 valence electrons. The minimum atomic E-state index is -3.45. The molecule has 0 aromatic heterocycles. The van der Waals surface area contributed by atoms with Gasteiger partial charge < -0.3 is 14.8 Å². The lowest BCUT2D eigenvalue weighted by atomic mass is 10.1. The van der Waals surface area contributed by atoms with E-state index in [1.165, 1.54) is 26.5 Å². The number of benzene rings is 2. The second-order valence-corrected chi connectivity index (χ2v) is 8.84. The Balaban J connectivity index is 1.63. The van der Waals surface area contributed by atoms with Crippen LogP contribution in [0, 0.1) is 0 Å². The zero-order chi connectivity index (χ0) is 21.6. The van der Waals surface area contributed by atoms with Crippen molar-refractivity contribution >= 4 is 21.5 Å². The van der Waals surface area contributed by atoms with Crippen LogP contribution in [-0.4, -0.2) is 45.8 Å². The summed E-state index contributed by atoms with van der Waals surface area (Å²) in [7, 11) is -0.403. The average molecular weight is 431 g/mol. The maximum absolute atomic E-state index is 12.7. The Labute approximate surface area is 177 Å². The van der Waals surface area contributed by atoms with Gasteiger partial charge >= 0.3 is 0 Å². The fourth-order valence-electron chi connectivity index (χ4n) is 3.28. The van der Waals surface area contributed by atoms with Gasteiger partial charge in [-0.15, -0.1) is 0 Å². The van der Waals surface area contributed by atoms with E-state index in [9.17, 15) is 13.2 Å². The number of piperidine rings is 1. The number of nitrogens with zero attached hydrogens (tertiary/aromatic N) is 1. The predicted octanol–water partition coefficient (Wildman–Crippen LogP) is 3.69. The molecule has 0 aliphatic carbocycles. The smallest absolute Gasteiger partial charge is 0.243 e. The second-order valence-electron chi connectivity index (χ2n) is 6.90. The van der Waals surface area contributed by atoms with E-state index in [1.54, 1.807) is 46.8 Å². The number of allylic oxidation sites excluding steroid dienone is 1. The molecule has 1 heterocycles. The van der Waals surface area contributed by atoms with E-state index in [1.807, 2.05) is 0 Å². The quantitative estimate of drug-likeness (QED) is 0.508. The highest BCUT2D eigenvalue weighted by Gasteiger charge is 2.25. The van der Waals surface area contributed by atoms with E-state index in [-0.39, 0.29) is 10.7 Å². The molecule has 0 atom stereocenters. The van der Waals surface area contributed by atoms with Crippen molar-refractivity contribution < 1.29 is 22.7 Å². The van der Waals surface area contributed by atoms with Gasteiger partial charge in [0.15, 0.2) is 17.3 Å². The van der Waals surface area contributed by atoms with Crippen LogP contribution in [0.2, 0.25) is 0 Å². The van der Waals surface area contributed by atoms with Crippen molar-refractivity contribution in [1.29, 1.82) is 0 Å². The Morgan fingerprint density at radius 3 is 2.27 bits per heavy atom. The summed E-state index contributed by atoms with van der Waals surface area (Å²) < 4.78 is 37.3. The molecule has 2 aromatic carbocycles. The molecular formula is C22H26N2O5S. The van der Waals surface area contributed by atoms with Crippen molar-refractivity contribution in [3.8, 4) is 11.5 Å². The van der Waals surface area contributed by atoms with E-state index in [0.29, 0.717) is 35.8 Å². The van der Waals surface area contributed by atoms with Crippen LogP contribution < -0.4 is 14.8 Å². The zero-order valence-corrected chi connectivity index (χ0v) is 17.9. The fraction of sp³-hybridized carbons (Fsp3) is 0.318. The average Bonchev–Trinajstić information content (AvgIpc) is 2.79. The maximum Gasteiger partial charge on any atom is 0.243 e. The number of hydrogen-bond acceptors (Lipinski definition) is 6. The van der Waals surface area contributed by atoms with E-state index < -0.39 is 10.0 Å². The number of ether oxygens (including phenoxy) is 2. The van der Waals surface area contributed by atoms with Gasteiger partial charge in [-0.2, -0.15) is 4.31 Å². The third-order valence-corrected chi connectivity index (χ3v) is 6.87. The normalized spacial score (nSPS) is 15.1. The lowest BCUT2D eigenvalue weighted by Crippen LogP contribution is -2.35. The highest BCUT2D eigenvalue weighted by Crippen LogP contribution is 2.28. The van der Waals surface area contributed by atoms with Crippen molar-refractivity contribution in [2.75, 3.05) is 32.6 Å². The lowest BCUT2D eigenvalue weighted by Gasteiger charge is -2.25. The molecule has 0 amide bonds. The number of rotatable bonds is 8. The molecule has 30 heavy (non-hydrogen) atoms. The van der Waals surface area contributed by atoms with Crippen molar-refractivity contribution in [3.05, 3.63) is 60.3 Å². The van der Waals surface area contributed by atoms with E-state index in [4.69, 9.17) is 9.47 Å². The standard InChI is InChI=1S/C22H26N2O5S/c1-28-21-11-6-17(16-22(21)29-2)20(25)12-13-23-18-7-9-19(10-8-18)30(26,27)24-14-4-3-5-15-24/h6-13,16,23H,3-5,14-15H2,1-2H3/b13-12+. The van der Waals surface area contributed by atoms with Crippen LogP contribution in [0.3, 0.4) is 0 Å². The highest BCUT2D eigenvalue weighted by molar-refractivity contribution is 7.89. The molecule has 0 bridgehead atoms. The minimum Gasteiger partial charge on any atom is -0.493 e. The molecule has 1 fully saturated rings. The summed E-state index contributed by atoms with van der Waals surface area (Å²) in [6.07, 6.45) is 5.80. The van der Waals surface area contributed by atoms with Crippen LogP contribution in [0.1, 0.15) is 29.6 Å². The number of carbonyl (C=O) groups is 1. The molecule has 0 spiro atoms. The summed E-state index contributed by atoms with van der Waals surface area (Å²) in [4.78, 5) is 12.6. The maximum atomic E-state index is 12.7. The first kappa shape index (κ1) is 21.9. The number of anilines is 1. The van der Waals surface area contributed by atoms with Crippen LogP contribution >= 0.6 is 0 Å². The summed E-state index contributed by atoms with van der Waals surface area (Å²) in [5.41, 5.74) is 1.15. The van der Waals surface area contributed by atoms with Crippen molar-refractivity contribution in [1.82, 2.24) is 4.31 Å². The molecule has 1 saturated heterocycles. The molecule has 0 radical (unpaired) electrons. The highest BCUT2D eigenvalue weighted by atomic mass is 32.2. The van der Waals surface area contributed by atoms with Gasteiger partial charge in [-0.1, -0.05) is 6.42 Å². The first-order chi connectivity index (χ1) is 14.5. The zero-order valence-electron chi connectivity index (χ0n) is 17.1. The molecule has 1 aliphatic rings. The predicted molar refractivity (Wildman–Crippen MR) is 116 cm³/mol. The van der Waals surface area contributed by atoms with Gasteiger partial charge in [-0.3, -0.25) is 4.79 Å². The Morgan fingerprint density at radius 2 is 1.63 bits per heavy atom. The van der Waals surface area contributed by atoms with Crippen molar-refractivity contribution in [2.45, 2.75) is 24.2 Å². The van der Waals surface area contributed by atoms with E-state index in [2.05, 4.69) is 5.32 Å². The van der Waals surface area contributed by atoms with Crippen LogP contribution in [0.5, 0.6) is 11.5 Å². The summed E-state index contributed by atoms with van der Waals surface area (Å²) >= 11 is 0. The molecule has 1 N–H and O–H groups in total. The van der Waals surface area contributed by atoms with Gasteiger partial charge in [-0.05, 0) is 55.3 Å². The minimum absolute atomic E-state index is 0.201. The number of ketones is 1. The SMILES string of the molecule is COc1ccc(C(=O)/C=C/Nc2ccc(S(=O)(=O)N3CCCCC3)cc2)cc1OC. The molecule has 1 aliphatic heterocycles. The number of nitrogens with one attached hydrogen (secondary N) is 1. The van der Waals surface area contributed by atoms with E-state index >= 15 is 0 Å². The Hall–Kier alpha value is -2.84. The molecule has 7 nitrogen and oxygen atoms in total. The van der Waals surface area contributed by atoms with Gasteiger partial charge in [-0.25, -0.2) is 8.42 Å². The topological polar surface area (TPSA) is 84.9 Å². The largest absolute Gasteiger partial charge is 0.493 e. The third-order valence-electron chi connectivity index (χ3n) is 4.96. The van der Waals surface area contributed by atoms with Crippen molar-refractivity contribution in [3.63, 3.8) is 0 Å².